The maximum Gasteiger partial charge on any atom is 0.326 e. The zero-order valence-corrected chi connectivity index (χ0v) is 9.55. The average Bonchev–Trinajstić information content (AvgIpc) is 2.71. The Morgan fingerprint density at radius 1 is 1.62 bits per heavy atom. The first-order valence-electron chi connectivity index (χ1n) is 5.32. The van der Waals surface area contributed by atoms with Gasteiger partial charge in [0.05, 0.1) is 12.1 Å². The van der Waals surface area contributed by atoms with Crippen LogP contribution in [0.25, 0.3) is 0 Å². The van der Waals surface area contributed by atoms with Crippen LogP contribution in [-0.4, -0.2) is 53.7 Å². The summed E-state index contributed by atoms with van der Waals surface area (Å²) < 4.78 is 5.09. The Balaban J connectivity index is 2.76. The molecule has 1 aliphatic rings. The van der Waals surface area contributed by atoms with Crippen LogP contribution in [-0.2, 0) is 14.3 Å². The van der Waals surface area contributed by atoms with Crippen molar-refractivity contribution in [2.75, 3.05) is 13.7 Å². The molecule has 0 spiro atoms. The molecule has 0 aromatic heterocycles. The summed E-state index contributed by atoms with van der Waals surface area (Å²) in [7, 11) is 1.51. The van der Waals surface area contributed by atoms with Crippen LogP contribution in [0.4, 0.5) is 0 Å². The van der Waals surface area contributed by atoms with E-state index >= 15 is 0 Å². The van der Waals surface area contributed by atoms with E-state index in [2.05, 4.69) is 0 Å². The highest BCUT2D eigenvalue weighted by molar-refractivity contribution is 5.87. The number of likely N-dealkylation sites (tertiary alicyclic amines) is 1. The third-order valence-electron chi connectivity index (χ3n) is 2.92. The molecule has 6 nitrogen and oxygen atoms in total. The lowest BCUT2D eigenvalue weighted by molar-refractivity contribution is -0.148. The van der Waals surface area contributed by atoms with Gasteiger partial charge in [0.15, 0.2) is 0 Å². The summed E-state index contributed by atoms with van der Waals surface area (Å²) in [4.78, 5) is 24.1. The van der Waals surface area contributed by atoms with Crippen molar-refractivity contribution in [1.29, 1.82) is 0 Å². The summed E-state index contributed by atoms with van der Waals surface area (Å²) in [6.07, 6.45) is 0.613. The average molecular weight is 230 g/mol. The van der Waals surface area contributed by atoms with Gasteiger partial charge >= 0.3 is 5.97 Å². The molecule has 1 aliphatic heterocycles. The van der Waals surface area contributed by atoms with Crippen LogP contribution < -0.4 is 5.73 Å². The number of aliphatic carboxylic acids is 1. The molecular weight excluding hydrogens is 212 g/mol. The summed E-state index contributed by atoms with van der Waals surface area (Å²) in [5, 5.41) is 9.01. The fraction of sp³-hybridized carbons (Fsp3) is 0.800. The van der Waals surface area contributed by atoms with Gasteiger partial charge in [-0.05, 0) is 6.42 Å². The van der Waals surface area contributed by atoms with Crippen molar-refractivity contribution in [3.05, 3.63) is 0 Å². The summed E-state index contributed by atoms with van der Waals surface area (Å²) >= 11 is 0. The molecule has 0 aromatic carbocycles. The van der Waals surface area contributed by atoms with E-state index in [-0.39, 0.29) is 12.0 Å². The monoisotopic (exact) mass is 230 g/mol. The first-order valence-corrected chi connectivity index (χ1v) is 5.32. The largest absolute Gasteiger partial charge is 0.480 e. The number of rotatable bonds is 4. The standard InChI is InChI=1S/C10H18N2O4/c1-3-7(11)9(13)12-5-6(16-2)4-8(12)10(14)15/h6-8H,3-5,11H2,1-2H3,(H,14,15)/t6?,7-,8?/m1/s1. The number of hydrogen-bond donors (Lipinski definition) is 2. The van der Waals surface area contributed by atoms with Gasteiger partial charge in [-0.15, -0.1) is 0 Å². The number of carboxylic acids is 1. The third kappa shape index (κ3) is 2.51. The summed E-state index contributed by atoms with van der Waals surface area (Å²) in [5.41, 5.74) is 5.62. The Morgan fingerprint density at radius 2 is 2.25 bits per heavy atom. The Bertz CT molecular complexity index is 282. The third-order valence-corrected chi connectivity index (χ3v) is 2.92. The first kappa shape index (κ1) is 12.9. The van der Waals surface area contributed by atoms with Gasteiger partial charge in [-0.25, -0.2) is 4.79 Å². The Hall–Kier alpha value is -1.14. The molecule has 16 heavy (non-hydrogen) atoms. The number of methoxy groups -OCH3 is 1. The molecule has 3 N–H and O–H groups in total. The van der Waals surface area contributed by atoms with Crippen molar-refractivity contribution in [3.8, 4) is 0 Å². The number of carbonyl (C=O) groups excluding carboxylic acids is 1. The molecule has 2 unspecified atom stereocenters. The maximum atomic E-state index is 11.8. The van der Waals surface area contributed by atoms with E-state index in [0.717, 1.165) is 0 Å². The molecule has 6 heteroatoms. The Morgan fingerprint density at radius 3 is 2.69 bits per heavy atom. The lowest BCUT2D eigenvalue weighted by Crippen LogP contribution is -2.48. The van der Waals surface area contributed by atoms with Crippen LogP contribution in [0.5, 0.6) is 0 Å². The number of ether oxygens (including phenoxy) is 1. The van der Waals surface area contributed by atoms with Gasteiger partial charge in [0.2, 0.25) is 5.91 Å². The molecule has 3 atom stereocenters. The SMILES string of the molecule is CC[C@@H](N)C(=O)N1CC(OC)CC1C(=O)O. The molecule has 1 amide bonds. The normalized spacial score (nSPS) is 26.8. The molecule has 0 saturated carbocycles. The van der Waals surface area contributed by atoms with Crippen molar-refractivity contribution in [1.82, 2.24) is 4.90 Å². The second-order valence-corrected chi connectivity index (χ2v) is 3.95. The number of nitrogens with two attached hydrogens (primary N) is 1. The Kier molecular flexibility index (Phi) is 4.26. The van der Waals surface area contributed by atoms with E-state index in [0.29, 0.717) is 19.4 Å². The maximum absolute atomic E-state index is 11.8. The number of carbonyl (C=O) groups is 2. The summed E-state index contributed by atoms with van der Waals surface area (Å²) in [5.74, 6) is -1.31. The number of carboxylic acid groups (broad SMARTS) is 1. The van der Waals surface area contributed by atoms with Crippen LogP contribution in [0.3, 0.4) is 0 Å². The Labute approximate surface area is 94.3 Å². The summed E-state index contributed by atoms with van der Waals surface area (Å²) in [6, 6.07) is -1.44. The van der Waals surface area contributed by atoms with E-state index in [9.17, 15) is 9.59 Å². The zero-order valence-electron chi connectivity index (χ0n) is 9.55. The van der Waals surface area contributed by atoms with Gasteiger partial charge in [-0.1, -0.05) is 6.92 Å². The molecule has 0 radical (unpaired) electrons. The van der Waals surface area contributed by atoms with Crippen LogP contribution >= 0.6 is 0 Å². The molecule has 0 aromatic rings. The number of amides is 1. The fourth-order valence-corrected chi connectivity index (χ4v) is 1.83. The van der Waals surface area contributed by atoms with Gasteiger partial charge in [-0.3, -0.25) is 4.79 Å². The van der Waals surface area contributed by atoms with E-state index < -0.39 is 18.1 Å². The van der Waals surface area contributed by atoms with Crippen molar-refractivity contribution < 1.29 is 19.4 Å². The smallest absolute Gasteiger partial charge is 0.326 e. The van der Waals surface area contributed by atoms with E-state index in [4.69, 9.17) is 15.6 Å². The number of nitrogens with zero attached hydrogens (tertiary/aromatic N) is 1. The highest BCUT2D eigenvalue weighted by Gasteiger charge is 2.40. The van der Waals surface area contributed by atoms with Gasteiger partial charge < -0.3 is 20.5 Å². The number of hydrogen-bond acceptors (Lipinski definition) is 4. The van der Waals surface area contributed by atoms with E-state index in [1.54, 1.807) is 6.92 Å². The second-order valence-electron chi connectivity index (χ2n) is 3.95. The predicted molar refractivity (Wildman–Crippen MR) is 56.8 cm³/mol. The van der Waals surface area contributed by atoms with Crippen LogP contribution in [0, 0.1) is 0 Å². The first-order chi connectivity index (χ1) is 7.51. The quantitative estimate of drug-likeness (QED) is 0.674. The second kappa shape index (κ2) is 5.27. The summed E-state index contributed by atoms with van der Waals surface area (Å²) in [6.45, 7) is 2.10. The highest BCUT2D eigenvalue weighted by Crippen LogP contribution is 2.21. The molecule has 1 fully saturated rings. The van der Waals surface area contributed by atoms with Gasteiger partial charge in [-0.2, -0.15) is 0 Å². The predicted octanol–water partition coefficient (Wildman–Crippen LogP) is -0.576. The fourth-order valence-electron chi connectivity index (χ4n) is 1.83. The molecule has 0 bridgehead atoms. The van der Waals surface area contributed by atoms with Gasteiger partial charge in [0.25, 0.3) is 0 Å². The lowest BCUT2D eigenvalue weighted by atomic mass is 10.1. The zero-order chi connectivity index (χ0) is 12.3. The van der Waals surface area contributed by atoms with E-state index in [1.807, 2.05) is 0 Å². The van der Waals surface area contributed by atoms with Crippen LogP contribution in [0.2, 0.25) is 0 Å². The lowest BCUT2D eigenvalue weighted by Gasteiger charge is -2.23. The van der Waals surface area contributed by atoms with Gasteiger partial charge in [0, 0.05) is 20.1 Å². The highest BCUT2D eigenvalue weighted by atomic mass is 16.5. The van der Waals surface area contributed by atoms with Crippen molar-refractivity contribution in [2.24, 2.45) is 5.73 Å². The van der Waals surface area contributed by atoms with Crippen LogP contribution in [0.1, 0.15) is 19.8 Å². The molecule has 1 rings (SSSR count). The molecule has 1 saturated heterocycles. The van der Waals surface area contributed by atoms with Crippen molar-refractivity contribution in [2.45, 2.75) is 38.0 Å². The topological polar surface area (TPSA) is 92.9 Å². The molecule has 0 aliphatic carbocycles. The van der Waals surface area contributed by atoms with E-state index in [1.165, 1.54) is 12.0 Å². The molecule has 1 heterocycles. The van der Waals surface area contributed by atoms with Gasteiger partial charge in [0.1, 0.15) is 6.04 Å². The molecular formula is C10H18N2O4. The molecule has 92 valence electrons. The minimum atomic E-state index is -1.00. The minimum Gasteiger partial charge on any atom is -0.480 e. The van der Waals surface area contributed by atoms with Crippen molar-refractivity contribution >= 4 is 11.9 Å². The van der Waals surface area contributed by atoms with Crippen molar-refractivity contribution in [3.63, 3.8) is 0 Å². The minimum absolute atomic E-state index is 0.214. The van der Waals surface area contributed by atoms with Crippen LogP contribution in [0.15, 0.2) is 0 Å².